The van der Waals surface area contributed by atoms with Gasteiger partial charge in [0.2, 0.25) is 5.91 Å². The fourth-order valence-corrected chi connectivity index (χ4v) is 2.41. The van der Waals surface area contributed by atoms with Crippen molar-refractivity contribution < 1.29 is 23.9 Å². The second kappa shape index (κ2) is 7.67. The highest BCUT2D eigenvalue weighted by molar-refractivity contribution is 6.04. The van der Waals surface area contributed by atoms with Crippen LogP contribution in [0.3, 0.4) is 0 Å². The van der Waals surface area contributed by atoms with Crippen LogP contribution in [0.15, 0.2) is 18.2 Å². The van der Waals surface area contributed by atoms with Crippen molar-refractivity contribution in [2.75, 3.05) is 40.9 Å². The Morgan fingerprint density at radius 1 is 1.21 bits per heavy atom. The maximum absolute atomic E-state index is 11.9. The summed E-state index contributed by atoms with van der Waals surface area (Å²) in [6, 6.07) is 5.08. The van der Waals surface area contributed by atoms with Crippen molar-refractivity contribution in [3.8, 4) is 11.5 Å². The minimum absolute atomic E-state index is 0.0117. The van der Waals surface area contributed by atoms with E-state index in [1.807, 2.05) is 12.1 Å². The van der Waals surface area contributed by atoms with E-state index in [2.05, 4.69) is 5.32 Å². The number of likely N-dealkylation sites (N-methyl/N-ethyl adjacent to an activating group) is 1. The van der Waals surface area contributed by atoms with Gasteiger partial charge in [-0.2, -0.15) is 0 Å². The SMILES string of the molecule is COc1ccc(CCNC(=O)CN2C(=O)CN(C)C2=O)cc1OC. The van der Waals surface area contributed by atoms with Crippen LogP contribution in [0.2, 0.25) is 0 Å². The minimum atomic E-state index is -0.449. The molecule has 8 heteroatoms. The molecule has 1 aromatic rings. The van der Waals surface area contributed by atoms with Gasteiger partial charge in [-0.25, -0.2) is 4.79 Å². The Kier molecular flexibility index (Phi) is 5.62. The van der Waals surface area contributed by atoms with E-state index < -0.39 is 6.03 Å². The van der Waals surface area contributed by atoms with Gasteiger partial charge in [0, 0.05) is 13.6 Å². The first-order valence-electron chi connectivity index (χ1n) is 7.49. The van der Waals surface area contributed by atoms with Gasteiger partial charge in [-0.15, -0.1) is 0 Å². The van der Waals surface area contributed by atoms with Gasteiger partial charge in [-0.3, -0.25) is 14.5 Å². The Hall–Kier alpha value is -2.77. The van der Waals surface area contributed by atoms with Crippen molar-refractivity contribution in [2.45, 2.75) is 6.42 Å². The van der Waals surface area contributed by atoms with Crippen LogP contribution in [-0.2, 0) is 16.0 Å². The molecule has 0 radical (unpaired) electrons. The van der Waals surface area contributed by atoms with Crippen LogP contribution in [0.25, 0.3) is 0 Å². The molecule has 0 spiro atoms. The highest BCUT2D eigenvalue weighted by atomic mass is 16.5. The lowest BCUT2D eigenvalue weighted by Gasteiger charge is -2.14. The minimum Gasteiger partial charge on any atom is -0.493 e. The Balaban J connectivity index is 1.83. The molecule has 130 valence electrons. The molecule has 8 nitrogen and oxygen atoms in total. The highest BCUT2D eigenvalue weighted by Crippen LogP contribution is 2.27. The molecule has 0 aliphatic carbocycles. The zero-order chi connectivity index (χ0) is 17.7. The van der Waals surface area contributed by atoms with Gasteiger partial charge in [0.15, 0.2) is 11.5 Å². The van der Waals surface area contributed by atoms with E-state index in [1.165, 1.54) is 11.9 Å². The lowest BCUT2D eigenvalue weighted by Crippen LogP contribution is -2.41. The fourth-order valence-electron chi connectivity index (χ4n) is 2.41. The van der Waals surface area contributed by atoms with Crippen molar-refractivity contribution >= 4 is 17.8 Å². The molecule has 1 fully saturated rings. The van der Waals surface area contributed by atoms with Gasteiger partial charge in [0.1, 0.15) is 13.1 Å². The number of amides is 4. The molecule has 1 heterocycles. The van der Waals surface area contributed by atoms with Gasteiger partial charge in [0.25, 0.3) is 5.91 Å². The first-order valence-corrected chi connectivity index (χ1v) is 7.49. The van der Waals surface area contributed by atoms with Crippen LogP contribution in [0, 0.1) is 0 Å². The van der Waals surface area contributed by atoms with E-state index in [-0.39, 0.29) is 24.9 Å². The monoisotopic (exact) mass is 335 g/mol. The van der Waals surface area contributed by atoms with Crippen molar-refractivity contribution in [1.29, 1.82) is 0 Å². The quantitative estimate of drug-likeness (QED) is 0.722. The summed E-state index contributed by atoms with van der Waals surface area (Å²) < 4.78 is 10.4. The molecular weight excluding hydrogens is 314 g/mol. The summed E-state index contributed by atoms with van der Waals surface area (Å²) in [6.07, 6.45) is 0.591. The number of carbonyl (C=O) groups is 3. The Bertz CT molecular complexity index is 647. The first-order chi connectivity index (χ1) is 11.5. The Labute approximate surface area is 140 Å². The molecule has 1 aliphatic heterocycles. The van der Waals surface area contributed by atoms with Gasteiger partial charge in [-0.05, 0) is 24.1 Å². The van der Waals surface area contributed by atoms with Crippen molar-refractivity contribution in [2.24, 2.45) is 0 Å². The standard InChI is InChI=1S/C16H21N3O5/c1-18-10-15(21)19(16(18)22)9-14(20)17-7-6-11-4-5-12(23-2)13(8-11)24-3/h4-5,8H,6-7,9-10H2,1-3H3,(H,17,20). The van der Waals surface area contributed by atoms with Crippen molar-refractivity contribution in [1.82, 2.24) is 15.1 Å². The predicted molar refractivity (Wildman–Crippen MR) is 86.0 cm³/mol. The van der Waals surface area contributed by atoms with E-state index in [4.69, 9.17) is 9.47 Å². The summed E-state index contributed by atoms with van der Waals surface area (Å²) in [7, 11) is 4.65. The zero-order valence-electron chi connectivity index (χ0n) is 14.0. The molecule has 24 heavy (non-hydrogen) atoms. The third-order valence-electron chi connectivity index (χ3n) is 3.72. The number of nitrogens with zero attached hydrogens (tertiary/aromatic N) is 2. The Morgan fingerprint density at radius 3 is 2.50 bits per heavy atom. The molecule has 4 amide bonds. The molecule has 2 rings (SSSR count). The topological polar surface area (TPSA) is 88.2 Å². The second-order valence-electron chi connectivity index (χ2n) is 5.41. The van der Waals surface area contributed by atoms with E-state index in [9.17, 15) is 14.4 Å². The van der Waals surface area contributed by atoms with Gasteiger partial charge >= 0.3 is 6.03 Å². The number of methoxy groups -OCH3 is 2. The maximum atomic E-state index is 11.9. The van der Waals surface area contributed by atoms with E-state index >= 15 is 0 Å². The van der Waals surface area contributed by atoms with E-state index in [1.54, 1.807) is 20.3 Å². The molecular formula is C16H21N3O5. The number of benzene rings is 1. The normalized spacial score (nSPS) is 14.1. The molecule has 0 bridgehead atoms. The molecule has 0 atom stereocenters. The highest BCUT2D eigenvalue weighted by Gasteiger charge is 2.34. The molecule has 0 aromatic heterocycles. The largest absolute Gasteiger partial charge is 0.493 e. The number of hydrogen-bond donors (Lipinski definition) is 1. The number of ether oxygens (including phenoxy) is 2. The zero-order valence-corrected chi connectivity index (χ0v) is 14.0. The number of rotatable bonds is 7. The smallest absolute Gasteiger partial charge is 0.327 e. The number of nitrogens with one attached hydrogen (secondary N) is 1. The number of imide groups is 1. The third-order valence-corrected chi connectivity index (χ3v) is 3.72. The molecule has 1 saturated heterocycles. The number of urea groups is 1. The molecule has 1 aliphatic rings. The van der Waals surface area contributed by atoms with Crippen molar-refractivity contribution in [3.63, 3.8) is 0 Å². The average molecular weight is 335 g/mol. The van der Waals surface area contributed by atoms with Crippen LogP contribution in [-0.4, -0.2) is 68.5 Å². The number of carbonyl (C=O) groups excluding carboxylic acids is 3. The van der Waals surface area contributed by atoms with E-state index in [0.717, 1.165) is 10.5 Å². The summed E-state index contributed by atoms with van der Waals surface area (Å²) in [6.45, 7) is 0.145. The lowest BCUT2D eigenvalue weighted by atomic mass is 10.1. The third kappa shape index (κ3) is 3.95. The first kappa shape index (κ1) is 17.6. The summed E-state index contributed by atoms with van der Waals surface area (Å²) in [5.74, 6) is 0.531. The molecule has 1 N–H and O–H groups in total. The molecule has 0 saturated carbocycles. The lowest BCUT2D eigenvalue weighted by molar-refractivity contribution is -0.130. The van der Waals surface area contributed by atoms with E-state index in [0.29, 0.717) is 24.5 Å². The van der Waals surface area contributed by atoms with Crippen LogP contribution < -0.4 is 14.8 Å². The second-order valence-corrected chi connectivity index (χ2v) is 5.41. The van der Waals surface area contributed by atoms with Gasteiger partial charge < -0.3 is 19.7 Å². The summed E-state index contributed by atoms with van der Waals surface area (Å²) in [5, 5.41) is 2.70. The van der Waals surface area contributed by atoms with Crippen LogP contribution in [0.5, 0.6) is 11.5 Å². The van der Waals surface area contributed by atoms with Crippen molar-refractivity contribution in [3.05, 3.63) is 23.8 Å². The summed E-state index contributed by atoms with van der Waals surface area (Å²) in [4.78, 5) is 37.4. The predicted octanol–water partition coefficient (Wildman–Crippen LogP) is 0.257. The Morgan fingerprint density at radius 2 is 1.92 bits per heavy atom. The fraction of sp³-hybridized carbons (Fsp3) is 0.438. The van der Waals surface area contributed by atoms with Crippen LogP contribution >= 0.6 is 0 Å². The van der Waals surface area contributed by atoms with Gasteiger partial charge in [0.05, 0.1) is 14.2 Å². The van der Waals surface area contributed by atoms with Gasteiger partial charge in [-0.1, -0.05) is 6.07 Å². The molecule has 1 aromatic carbocycles. The number of hydrogen-bond acceptors (Lipinski definition) is 5. The summed E-state index contributed by atoms with van der Waals surface area (Å²) in [5.41, 5.74) is 0.973. The average Bonchev–Trinajstić information content (AvgIpc) is 2.81. The molecule has 0 unspecified atom stereocenters. The van der Waals surface area contributed by atoms with Crippen LogP contribution in [0.1, 0.15) is 5.56 Å². The summed E-state index contributed by atoms with van der Waals surface area (Å²) >= 11 is 0. The maximum Gasteiger partial charge on any atom is 0.327 e. The van der Waals surface area contributed by atoms with Crippen LogP contribution in [0.4, 0.5) is 4.79 Å².